The van der Waals surface area contributed by atoms with Gasteiger partial charge in [-0.1, -0.05) is 0 Å². The predicted octanol–water partition coefficient (Wildman–Crippen LogP) is 2.58. The summed E-state index contributed by atoms with van der Waals surface area (Å²) in [5, 5.41) is 7.19. The van der Waals surface area contributed by atoms with Crippen molar-refractivity contribution in [3.8, 4) is 0 Å². The van der Waals surface area contributed by atoms with Gasteiger partial charge in [-0.2, -0.15) is 0 Å². The fourth-order valence-electron chi connectivity index (χ4n) is 2.22. The Labute approximate surface area is 129 Å². The van der Waals surface area contributed by atoms with Crippen molar-refractivity contribution in [3.63, 3.8) is 0 Å². The van der Waals surface area contributed by atoms with E-state index in [9.17, 15) is 4.39 Å². The monoisotopic (exact) mass is 307 g/mol. The Bertz CT molecular complexity index is 652. The first kappa shape index (κ1) is 16.3. The molecule has 2 aromatic rings. The lowest BCUT2D eigenvalue weighted by Gasteiger charge is -2.10. The van der Waals surface area contributed by atoms with E-state index in [2.05, 4.69) is 15.6 Å². The molecule has 0 atom stereocenters. The standard InChI is InChI=1S/C16H22FN3O2/c1-11-13-9-12(17)5-6-14(13)22-15(11)10-20-16(18-2)19-7-4-8-21-3/h5-6,9H,4,7-8,10H2,1-3H3,(H2,18,19,20). The van der Waals surface area contributed by atoms with E-state index >= 15 is 0 Å². The molecule has 22 heavy (non-hydrogen) atoms. The van der Waals surface area contributed by atoms with E-state index in [1.165, 1.54) is 12.1 Å². The van der Waals surface area contributed by atoms with Gasteiger partial charge in [-0.15, -0.1) is 0 Å². The zero-order chi connectivity index (χ0) is 15.9. The normalized spacial score (nSPS) is 11.9. The van der Waals surface area contributed by atoms with E-state index in [1.807, 2.05) is 6.92 Å². The van der Waals surface area contributed by atoms with Crippen LogP contribution in [0.1, 0.15) is 17.7 Å². The molecule has 1 aromatic carbocycles. The van der Waals surface area contributed by atoms with Crippen molar-refractivity contribution >= 4 is 16.9 Å². The SMILES string of the molecule is CN=C(NCCCOC)NCc1oc2ccc(F)cc2c1C. The minimum absolute atomic E-state index is 0.258. The molecule has 5 nitrogen and oxygen atoms in total. The number of hydrogen-bond donors (Lipinski definition) is 2. The van der Waals surface area contributed by atoms with Gasteiger partial charge in [0.1, 0.15) is 17.2 Å². The molecule has 0 saturated heterocycles. The lowest BCUT2D eigenvalue weighted by molar-refractivity contribution is 0.195. The molecule has 1 aromatic heterocycles. The van der Waals surface area contributed by atoms with Gasteiger partial charge < -0.3 is 19.8 Å². The van der Waals surface area contributed by atoms with Gasteiger partial charge in [-0.05, 0) is 31.5 Å². The molecule has 0 aliphatic rings. The zero-order valence-electron chi connectivity index (χ0n) is 13.2. The molecule has 0 radical (unpaired) electrons. The van der Waals surface area contributed by atoms with E-state index in [0.29, 0.717) is 24.7 Å². The number of ether oxygens (including phenoxy) is 1. The zero-order valence-corrected chi connectivity index (χ0v) is 13.2. The first-order chi connectivity index (χ1) is 10.7. The molecule has 0 unspecified atom stereocenters. The van der Waals surface area contributed by atoms with Gasteiger partial charge in [0.05, 0.1) is 6.54 Å². The number of methoxy groups -OCH3 is 1. The van der Waals surface area contributed by atoms with Crippen molar-refractivity contribution in [1.82, 2.24) is 10.6 Å². The minimum Gasteiger partial charge on any atom is -0.459 e. The van der Waals surface area contributed by atoms with E-state index in [-0.39, 0.29) is 5.82 Å². The maximum absolute atomic E-state index is 13.3. The third-order valence-corrected chi connectivity index (χ3v) is 3.45. The summed E-state index contributed by atoms with van der Waals surface area (Å²) in [6.45, 7) is 3.90. The van der Waals surface area contributed by atoms with Crippen molar-refractivity contribution < 1.29 is 13.5 Å². The summed E-state index contributed by atoms with van der Waals surface area (Å²) in [6.07, 6.45) is 0.903. The summed E-state index contributed by atoms with van der Waals surface area (Å²) >= 11 is 0. The molecular formula is C16H22FN3O2. The Morgan fingerprint density at radius 3 is 2.91 bits per heavy atom. The average molecular weight is 307 g/mol. The molecule has 1 heterocycles. The van der Waals surface area contributed by atoms with Crippen LogP contribution in [0.3, 0.4) is 0 Å². The van der Waals surface area contributed by atoms with Gasteiger partial charge in [-0.25, -0.2) is 4.39 Å². The van der Waals surface area contributed by atoms with Crippen LogP contribution in [0.5, 0.6) is 0 Å². The van der Waals surface area contributed by atoms with Crippen LogP contribution in [0.4, 0.5) is 4.39 Å². The number of benzene rings is 1. The summed E-state index contributed by atoms with van der Waals surface area (Å²) in [4.78, 5) is 4.15. The van der Waals surface area contributed by atoms with Crippen LogP contribution >= 0.6 is 0 Å². The number of nitrogens with zero attached hydrogens (tertiary/aromatic N) is 1. The second-order valence-corrected chi connectivity index (χ2v) is 4.99. The van der Waals surface area contributed by atoms with E-state index in [4.69, 9.17) is 9.15 Å². The van der Waals surface area contributed by atoms with Crippen LogP contribution in [-0.2, 0) is 11.3 Å². The molecule has 120 valence electrons. The van der Waals surface area contributed by atoms with Crippen molar-refractivity contribution in [1.29, 1.82) is 0 Å². The summed E-state index contributed by atoms with van der Waals surface area (Å²) in [5.41, 5.74) is 1.63. The second-order valence-electron chi connectivity index (χ2n) is 4.99. The van der Waals surface area contributed by atoms with E-state index in [1.54, 1.807) is 20.2 Å². The van der Waals surface area contributed by atoms with Gasteiger partial charge in [-0.3, -0.25) is 4.99 Å². The lowest BCUT2D eigenvalue weighted by Crippen LogP contribution is -2.37. The Kier molecular flexibility index (Phi) is 5.77. The lowest BCUT2D eigenvalue weighted by atomic mass is 10.1. The van der Waals surface area contributed by atoms with Crippen LogP contribution < -0.4 is 10.6 Å². The summed E-state index contributed by atoms with van der Waals surface area (Å²) < 4.78 is 24.1. The number of rotatable bonds is 6. The topological polar surface area (TPSA) is 58.8 Å². The first-order valence-electron chi connectivity index (χ1n) is 7.26. The third kappa shape index (κ3) is 3.98. The van der Waals surface area contributed by atoms with Crippen LogP contribution in [0.2, 0.25) is 0 Å². The minimum atomic E-state index is -0.258. The highest BCUT2D eigenvalue weighted by molar-refractivity contribution is 5.83. The number of guanidine groups is 1. The number of aliphatic imine (C=N–C) groups is 1. The number of furan rings is 1. The summed E-state index contributed by atoms with van der Waals surface area (Å²) in [7, 11) is 3.40. The molecule has 0 spiro atoms. The number of halogens is 1. The fourth-order valence-corrected chi connectivity index (χ4v) is 2.22. The van der Waals surface area contributed by atoms with Gasteiger partial charge in [0.15, 0.2) is 5.96 Å². The van der Waals surface area contributed by atoms with Crippen molar-refractivity contribution in [2.24, 2.45) is 4.99 Å². The highest BCUT2D eigenvalue weighted by Gasteiger charge is 2.11. The van der Waals surface area contributed by atoms with E-state index in [0.717, 1.165) is 29.7 Å². The molecule has 0 fully saturated rings. The number of aryl methyl sites for hydroxylation is 1. The van der Waals surface area contributed by atoms with Crippen LogP contribution in [0, 0.1) is 12.7 Å². The predicted molar refractivity (Wildman–Crippen MR) is 85.6 cm³/mol. The quantitative estimate of drug-likeness (QED) is 0.489. The van der Waals surface area contributed by atoms with Gasteiger partial charge in [0, 0.05) is 38.3 Å². The Morgan fingerprint density at radius 1 is 1.36 bits per heavy atom. The van der Waals surface area contributed by atoms with Crippen molar-refractivity contribution in [3.05, 3.63) is 35.3 Å². The first-order valence-corrected chi connectivity index (χ1v) is 7.26. The Hall–Kier alpha value is -2.08. The Morgan fingerprint density at radius 2 is 2.18 bits per heavy atom. The van der Waals surface area contributed by atoms with E-state index < -0.39 is 0 Å². The molecule has 0 bridgehead atoms. The van der Waals surface area contributed by atoms with Crippen molar-refractivity contribution in [2.45, 2.75) is 19.9 Å². The van der Waals surface area contributed by atoms with Crippen molar-refractivity contribution in [2.75, 3.05) is 27.3 Å². The highest BCUT2D eigenvalue weighted by atomic mass is 19.1. The highest BCUT2D eigenvalue weighted by Crippen LogP contribution is 2.25. The second kappa shape index (κ2) is 7.79. The molecule has 0 aliphatic carbocycles. The summed E-state index contributed by atoms with van der Waals surface area (Å²) in [6, 6.07) is 4.55. The number of nitrogens with one attached hydrogen (secondary N) is 2. The fraction of sp³-hybridized carbons (Fsp3) is 0.438. The van der Waals surface area contributed by atoms with Gasteiger partial charge in [0.2, 0.25) is 0 Å². The maximum Gasteiger partial charge on any atom is 0.191 e. The van der Waals surface area contributed by atoms with Crippen LogP contribution in [-0.4, -0.2) is 33.3 Å². The number of fused-ring (bicyclic) bond motifs is 1. The Balaban J connectivity index is 1.97. The van der Waals surface area contributed by atoms with Crippen LogP contribution in [0.25, 0.3) is 11.0 Å². The third-order valence-electron chi connectivity index (χ3n) is 3.45. The molecule has 6 heteroatoms. The molecule has 2 N–H and O–H groups in total. The molecule has 2 rings (SSSR count). The molecule has 0 amide bonds. The summed E-state index contributed by atoms with van der Waals surface area (Å²) in [5.74, 6) is 1.22. The van der Waals surface area contributed by atoms with Crippen LogP contribution in [0.15, 0.2) is 27.6 Å². The molecular weight excluding hydrogens is 285 g/mol. The smallest absolute Gasteiger partial charge is 0.191 e. The largest absolute Gasteiger partial charge is 0.459 e. The maximum atomic E-state index is 13.3. The van der Waals surface area contributed by atoms with Gasteiger partial charge >= 0.3 is 0 Å². The average Bonchev–Trinajstić information content (AvgIpc) is 2.83. The molecule has 0 saturated carbocycles. The molecule has 0 aliphatic heterocycles. The number of hydrogen-bond acceptors (Lipinski definition) is 3. The van der Waals surface area contributed by atoms with Gasteiger partial charge in [0.25, 0.3) is 0 Å².